The topological polar surface area (TPSA) is 106 Å². The number of nitrogens with two attached hydrogens (primary N) is 1. The van der Waals surface area contributed by atoms with E-state index in [1.165, 1.54) is 22.3 Å². The summed E-state index contributed by atoms with van der Waals surface area (Å²) in [4.78, 5) is 26.0. The summed E-state index contributed by atoms with van der Waals surface area (Å²) >= 11 is 5.21. The zero-order chi connectivity index (χ0) is 20.0. The van der Waals surface area contributed by atoms with Crippen LogP contribution in [0.5, 0.6) is 0 Å². The molecule has 28 heavy (non-hydrogen) atoms. The molecule has 2 heterocycles. The Balaban J connectivity index is 2.01. The van der Waals surface area contributed by atoms with Crippen LogP contribution in [0, 0.1) is 0 Å². The van der Waals surface area contributed by atoms with Crippen LogP contribution in [0.2, 0.25) is 0 Å². The Morgan fingerprint density at radius 2 is 1.89 bits per heavy atom. The summed E-state index contributed by atoms with van der Waals surface area (Å²) in [5.74, 6) is -1.15. The maximum absolute atomic E-state index is 12.9. The van der Waals surface area contributed by atoms with E-state index < -0.39 is 5.97 Å². The highest BCUT2D eigenvalue weighted by Crippen LogP contribution is 2.28. The fraction of sp³-hybridized carbons (Fsp3) is 0.0526. The Morgan fingerprint density at radius 3 is 2.54 bits per heavy atom. The van der Waals surface area contributed by atoms with Crippen LogP contribution < -0.4 is 16.2 Å². The van der Waals surface area contributed by atoms with Crippen molar-refractivity contribution < 1.29 is 9.90 Å². The Kier molecular flexibility index (Phi) is 4.08. The minimum absolute atomic E-state index is 0.0420. The molecule has 0 bridgehead atoms. The average molecular weight is 393 g/mol. The first-order valence-corrected chi connectivity index (χ1v) is 8.69. The van der Waals surface area contributed by atoms with Crippen LogP contribution in [0.4, 0.5) is 11.4 Å². The van der Waals surface area contributed by atoms with Gasteiger partial charge in [0.2, 0.25) is 0 Å². The van der Waals surface area contributed by atoms with Gasteiger partial charge in [0, 0.05) is 18.4 Å². The van der Waals surface area contributed by atoms with E-state index in [9.17, 15) is 14.7 Å². The van der Waals surface area contributed by atoms with E-state index in [2.05, 4.69) is 5.10 Å². The van der Waals surface area contributed by atoms with Crippen molar-refractivity contribution in [3.63, 3.8) is 0 Å². The highest BCUT2D eigenvalue weighted by Gasteiger charge is 2.19. The van der Waals surface area contributed by atoms with Gasteiger partial charge in [0.25, 0.3) is 5.56 Å². The monoisotopic (exact) mass is 393 g/mol. The van der Waals surface area contributed by atoms with Crippen molar-refractivity contribution in [2.45, 2.75) is 0 Å². The van der Waals surface area contributed by atoms with Gasteiger partial charge in [-0.25, -0.2) is 9.31 Å². The molecule has 2 aromatic heterocycles. The third-order valence-corrected chi connectivity index (χ3v) is 4.71. The molecule has 0 fully saturated rings. The lowest BCUT2D eigenvalue weighted by atomic mass is 10.2. The Morgan fingerprint density at radius 1 is 1.18 bits per heavy atom. The lowest BCUT2D eigenvalue weighted by Gasteiger charge is -2.23. The second-order valence-electron chi connectivity index (χ2n) is 6.17. The summed E-state index contributed by atoms with van der Waals surface area (Å²) in [5, 5.41) is 14.0. The molecule has 3 N–H and O–H groups in total. The summed E-state index contributed by atoms with van der Waals surface area (Å²) < 4.78 is 2.72. The van der Waals surface area contributed by atoms with Crippen molar-refractivity contribution in [3.05, 3.63) is 70.6 Å². The molecule has 8 nitrogen and oxygen atoms in total. The first-order valence-electron chi connectivity index (χ1n) is 8.28. The first kappa shape index (κ1) is 17.7. The molecule has 0 amide bonds. The molecule has 4 aromatic rings. The predicted molar refractivity (Wildman–Crippen MR) is 110 cm³/mol. The van der Waals surface area contributed by atoms with Gasteiger partial charge in [0.1, 0.15) is 5.56 Å². The number of hydrogen-bond acceptors (Lipinski definition) is 4. The largest absolute Gasteiger partial charge is 0.477 e. The molecule has 0 aliphatic heterocycles. The SMILES string of the molecule is Cn1c(=O)c2cc(N(C(N)=S)c3ccccc3)ccc2n2ncc(C(=O)O)c12. The van der Waals surface area contributed by atoms with Crippen LogP contribution >= 0.6 is 12.2 Å². The van der Waals surface area contributed by atoms with Crippen LogP contribution in [0.3, 0.4) is 0 Å². The number of fused-ring (bicyclic) bond motifs is 3. The highest BCUT2D eigenvalue weighted by molar-refractivity contribution is 7.80. The standard InChI is InChI=1S/C19H15N5O3S/c1-22-16-14(18(26)27)10-21-24(16)15-8-7-12(9-13(15)17(22)25)23(19(20)28)11-5-3-2-4-6-11/h2-10H,1H3,(H2,20,28)(H,26,27). The number of rotatable bonds is 3. The number of aromatic carboxylic acids is 1. The summed E-state index contributed by atoms with van der Waals surface area (Å²) in [6.45, 7) is 0. The van der Waals surface area contributed by atoms with Crippen molar-refractivity contribution in [1.82, 2.24) is 14.2 Å². The third kappa shape index (κ3) is 2.60. The van der Waals surface area contributed by atoms with Gasteiger partial charge in [-0.2, -0.15) is 5.10 Å². The molecular formula is C19H15N5O3S. The van der Waals surface area contributed by atoms with Gasteiger partial charge in [-0.3, -0.25) is 14.3 Å². The lowest BCUT2D eigenvalue weighted by molar-refractivity contribution is 0.0698. The molecule has 9 heteroatoms. The fourth-order valence-corrected chi connectivity index (χ4v) is 3.48. The number of aromatic nitrogens is 3. The quantitative estimate of drug-likeness (QED) is 0.514. The number of thiocarbonyl (C=S) groups is 1. The van der Waals surface area contributed by atoms with Crippen molar-refractivity contribution in [2.24, 2.45) is 12.8 Å². The summed E-state index contributed by atoms with van der Waals surface area (Å²) in [5.41, 5.74) is 7.63. The van der Waals surface area contributed by atoms with Crippen LogP contribution in [-0.4, -0.2) is 30.4 Å². The summed E-state index contributed by atoms with van der Waals surface area (Å²) in [6.07, 6.45) is 1.23. The molecule has 140 valence electrons. The molecule has 4 rings (SSSR count). The minimum atomic E-state index is -1.15. The van der Waals surface area contributed by atoms with Crippen LogP contribution in [-0.2, 0) is 7.05 Å². The Bertz CT molecular complexity index is 1310. The normalized spacial score (nSPS) is 11.0. The predicted octanol–water partition coefficient (Wildman–Crippen LogP) is 2.27. The molecule has 0 atom stereocenters. The maximum atomic E-state index is 12.9. The van der Waals surface area contributed by atoms with Gasteiger partial charge < -0.3 is 10.8 Å². The second kappa shape index (κ2) is 6.46. The third-order valence-electron chi connectivity index (χ3n) is 4.53. The van der Waals surface area contributed by atoms with Gasteiger partial charge >= 0.3 is 5.97 Å². The molecule has 0 unspecified atom stereocenters. The van der Waals surface area contributed by atoms with Crippen molar-refractivity contribution in [3.8, 4) is 0 Å². The minimum Gasteiger partial charge on any atom is -0.477 e. The maximum Gasteiger partial charge on any atom is 0.341 e. The smallest absolute Gasteiger partial charge is 0.341 e. The molecule has 2 aromatic carbocycles. The number of nitrogens with zero attached hydrogens (tertiary/aromatic N) is 4. The van der Waals surface area contributed by atoms with E-state index in [-0.39, 0.29) is 21.9 Å². The van der Waals surface area contributed by atoms with Crippen molar-refractivity contribution in [2.75, 3.05) is 4.90 Å². The number of carboxylic acids is 1. The number of anilines is 2. The van der Waals surface area contributed by atoms with Gasteiger partial charge in [-0.15, -0.1) is 0 Å². The molecule has 0 saturated carbocycles. The van der Waals surface area contributed by atoms with E-state index in [0.29, 0.717) is 16.6 Å². The van der Waals surface area contributed by atoms with E-state index in [1.807, 2.05) is 30.3 Å². The number of hydrogen-bond donors (Lipinski definition) is 2. The van der Waals surface area contributed by atoms with Crippen LogP contribution in [0.1, 0.15) is 10.4 Å². The first-order chi connectivity index (χ1) is 13.4. The van der Waals surface area contributed by atoms with E-state index in [4.69, 9.17) is 18.0 Å². The molecule has 0 aliphatic rings. The van der Waals surface area contributed by atoms with Crippen LogP contribution in [0.15, 0.2) is 59.5 Å². The lowest BCUT2D eigenvalue weighted by Crippen LogP contribution is -2.31. The molecule has 0 spiro atoms. The molecule has 0 saturated heterocycles. The zero-order valence-electron chi connectivity index (χ0n) is 14.7. The number of carbonyl (C=O) groups is 1. The second-order valence-corrected chi connectivity index (χ2v) is 6.59. The van der Waals surface area contributed by atoms with Crippen LogP contribution in [0.25, 0.3) is 16.6 Å². The van der Waals surface area contributed by atoms with Gasteiger partial charge in [-0.05, 0) is 42.5 Å². The van der Waals surface area contributed by atoms with Gasteiger partial charge in [0.15, 0.2) is 10.8 Å². The van der Waals surface area contributed by atoms with Gasteiger partial charge in [0.05, 0.1) is 17.1 Å². The van der Waals surface area contributed by atoms with Gasteiger partial charge in [-0.1, -0.05) is 18.2 Å². The number of carboxylic acid groups (broad SMARTS) is 1. The Hall–Kier alpha value is -3.72. The van der Waals surface area contributed by atoms with E-state index in [0.717, 1.165) is 5.69 Å². The molecular weight excluding hydrogens is 378 g/mol. The highest BCUT2D eigenvalue weighted by atomic mass is 32.1. The summed E-state index contributed by atoms with van der Waals surface area (Å²) in [6, 6.07) is 14.5. The van der Waals surface area contributed by atoms with E-state index in [1.54, 1.807) is 23.1 Å². The molecule has 0 aliphatic carbocycles. The number of para-hydroxylation sites is 1. The molecule has 0 radical (unpaired) electrons. The fourth-order valence-electron chi connectivity index (χ4n) is 3.27. The Labute approximate surface area is 164 Å². The average Bonchev–Trinajstić information content (AvgIpc) is 3.12. The van der Waals surface area contributed by atoms with E-state index >= 15 is 0 Å². The number of benzene rings is 2. The van der Waals surface area contributed by atoms with Crippen molar-refractivity contribution in [1.29, 1.82) is 0 Å². The summed E-state index contributed by atoms with van der Waals surface area (Å²) in [7, 11) is 1.51. The van der Waals surface area contributed by atoms with Crippen molar-refractivity contribution >= 4 is 51.2 Å². The zero-order valence-corrected chi connectivity index (χ0v) is 15.6. The number of aryl methyl sites for hydroxylation is 1.